The molecule has 1 aliphatic rings. The van der Waals surface area contributed by atoms with E-state index < -0.39 is 0 Å². The van der Waals surface area contributed by atoms with Gasteiger partial charge in [0, 0.05) is 6.54 Å². The molecule has 0 amide bonds. The zero-order chi connectivity index (χ0) is 13.8. The number of piperidine rings is 1. The predicted molar refractivity (Wildman–Crippen MR) is 76.0 cm³/mol. The van der Waals surface area contributed by atoms with E-state index >= 15 is 0 Å². The minimum atomic E-state index is 0.234. The fourth-order valence-electron chi connectivity index (χ4n) is 2.49. The molecule has 1 aromatic heterocycles. The van der Waals surface area contributed by atoms with Gasteiger partial charge in [-0.1, -0.05) is 0 Å². The number of aromatic hydroxyl groups is 1. The second-order valence-corrected chi connectivity index (χ2v) is 5.21. The molecule has 2 N–H and O–H groups in total. The van der Waals surface area contributed by atoms with Crippen LogP contribution in [0.2, 0.25) is 0 Å². The molecule has 0 aliphatic carbocycles. The SMILES string of the molecule is Oc1ccc(Oc2cnn(CC3CCCNC3)c2)cc1. The number of phenolic OH excluding ortho intramolecular Hbond substituents is 1. The Bertz CT molecular complexity index is 545. The Kier molecular flexibility index (Phi) is 3.87. The smallest absolute Gasteiger partial charge is 0.165 e. The fourth-order valence-corrected chi connectivity index (χ4v) is 2.49. The van der Waals surface area contributed by atoms with Gasteiger partial charge in [0.15, 0.2) is 5.75 Å². The number of phenols is 1. The average Bonchev–Trinajstić information content (AvgIpc) is 2.90. The Hall–Kier alpha value is -2.01. The molecule has 0 saturated carbocycles. The standard InChI is InChI=1S/C15H19N3O2/c19-13-3-5-14(6-4-13)20-15-9-17-18(11-15)10-12-2-1-7-16-8-12/h3-6,9,11-12,16,19H,1-2,7-8,10H2. The van der Waals surface area contributed by atoms with Gasteiger partial charge in [-0.25, -0.2) is 0 Å². The monoisotopic (exact) mass is 273 g/mol. The minimum Gasteiger partial charge on any atom is -0.508 e. The summed E-state index contributed by atoms with van der Waals surface area (Å²) in [6, 6.07) is 6.68. The van der Waals surface area contributed by atoms with Gasteiger partial charge < -0.3 is 15.2 Å². The molecule has 1 atom stereocenters. The zero-order valence-corrected chi connectivity index (χ0v) is 11.3. The quantitative estimate of drug-likeness (QED) is 0.898. The molecule has 20 heavy (non-hydrogen) atoms. The first kappa shape index (κ1) is 13.0. The largest absolute Gasteiger partial charge is 0.508 e. The first-order chi connectivity index (χ1) is 9.79. The highest BCUT2D eigenvalue weighted by molar-refractivity contribution is 5.33. The molecule has 0 bridgehead atoms. The van der Waals surface area contributed by atoms with Crippen molar-refractivity contribution >= 4 is 0 Å². The summed E-state index contributed by atoms with van der Waals surface area (Å²) >= 11 is 0. The van der Waals surface area contributed by atoms with Crippen LogP contribution in [0.25, 0.3) is 0 Å². The normalized spacial score (nSPS) is 18.9. The lowest BCUT2D eigenvalue weighted by Gasteiger charge is -2.22. The molecule has 1 unspecified atom stereocenters. The molecule has 3 rings (SSSR count). The molecule has 1 saturated heterocycles. The molecule has 2 aromatic rings. The van der Waals surface area contributed by atoms with Crippen LogP contribution in [0, 0.1) is 5.92 Å². The van der Waals surface area contributed by atoms with Crippen molar-refractivity contribution in [2.45, 2.75) is 19.4 Å². The van der Waals surface area contributed by atoms with E-state index in [9.17, 15) is 5.11 Å². The first-order valence-corrected chi connectivity index (χ1v) is 7.00. The highest BCUT2D eigenvalue weighted by atomic mass is 16.5. The summed E-state index contributed by atoms with van der Waals surface area (Å²) in [5.41, 5.74) is 0. The Morgan fingerprint density at radius 1 is 1.30 bits per heavy atom. The van der Waals surface area contributed by atoms with Crippen LogP contribution in [-0.4, -0.2) is 28.0 Å². The van der Waals surface area contributed by atoms with Gasteiger partial charge in [0.1, 0.15) is 11.5 Å². The molecular weight excluding hydrogens is 254 g/mol. The summed E-state index contributed by atoms with van der Waals surface area (Å²) in [7, 11) is 0. The zero-order valence-electron chi connectivity index (χ0n) is 11.3. The molecule has 106 valence electrons. The van der Waals surface area contributed by atoms with Crippen molar-refractivity contribution in [3.8, 4) is 17.2 Å². The second-order valence-electron chi connectivity index (χ2n) is 5.21. The number of aromatic nitrogens is 2. The molecule has 2 heterocycles. The van der Waals surface area contributed by atoms with Gasteiger partial charge in [-0.05, 0) is 56.1 Å². The van der Waals surface area contributed by atoms with E-state index in [1.807, 2.05) is 10.9 Å². The van der Waals surface area contributed by atoms with Crippen molar-refractivity contribution in [3.63, 3.8) is 0 Å². The van der Waals surface area contributed by atoms with Gasteiger partial charge in [-0.3, -0.25) is 4.68 Å². The van der Waals surface area contributed by atoms with Crippen LogP contribution in [0.3, 0.4) is 0 Å². The van der Waals surface area contributed by atoms with Crippen molar-refractivity contribution in [1.82, 2.24) is 15.1 Å². The Labute approximate surface area is 118 Å². The van der Waals surface area contributed by atoms with Crippen molar-refractivity contribution in [2.75, 3.05) is 13.1 Å². The number of rotatable bonds is 4. The van der Waals surface area contributed by atoms with Gasteiger partial charge in [0.05, 0.1) is 12.4 Å². The van der Waals surface area contributed by atoms with E-state index in [4.69, 9.17) is 4.74 Å². The Morgan fingerprint density at radius 2 is 2.15 bits per heavy atom. The Balaban J connectivity index is 1.60. The van der Waals surface area contributed by atoms with E-state index in [1.165, 1.54) is 12.8 Å². The number of nitrogens with zero attached hydrogens (tertiary/aromatic N) is 2. The molecule has 1 aliphatic heterocycles. The second kappa shape index (κ2) is 5.96. The highest BCUT2D eigenvalue weighted by Crippen LogP contribution is 2.23. The summed E-state index contributed by atoms with van der Waals surface area (Å²) in [6.07, 6.45) is 6.13. The van der Waals surface area contributed by atoms with Crippen molar-refractivity contribution in [1.29, 1.82) is 0 Å². The summed E-state index contributed by atoms with van der Waals surface area (Å²) in [5.74, 6) is 2.30. The topological polar surface area (TPSA) is 59.3 Å². The number of hydrogen-bond donors (Lipinski definition) is 2. The first-order valence-electron chi connectivity index (χ1n) is 7.00. The van der Waals surface area contributed by atoms with Crippen molar-refractivity contribution < 1.29 is 9.84 Å². The maximum atomic E-state index is 9.23. The van der Waals surface area contributed by atoms with Gasteiger partial charge in [0.2, 0.25) is 0 Å². The lowest BCUT2D eigenvalue weighted by Crippen LogP contribution is -2.32. The summed E-state index contributed by atoms with van der Waals surface area (Å²) in [6.45, 7) is 3.12. The van der Waals surface area contributed by atoms with Crippen LogP contribution < -0.4 is 10.1 Å². The molecule has 0 spiro atoms. The van der Waals surface area contributed by atoms with Gasteiger partial charge in [-0.2, -0.15) is 5.10 Å². The van der Waals surface area contributed by atoms with Crippen LogP contribution in [0.15, 0.2) is 36.7 Å². The van der Waals surface area contributed by atoms with E-state index in [0.717, 1.165) is 25.4 Å². The molecule has 5 heteroatoms. The minimum absolute atomic E-state index is 0.234. The van der Waals surface area contributed by atoms with Crippen LogP contribution in [0.1, 0.15) is 12.8 Å². The van der Waals surface area contributed by atoms with E-state index in [0.29, 0.717) is 11.7 Å². The van der Waals surface area contributed by atoms with Gasteiger partial charge in [0.25, 0.3) is 0 Å². The van der Waals surface area contributed by atoms with Crippen molar-refractivity contribution in [3.05, 3.63) is 36.7 Å². The molecule has 5 nitrogen and oxygen atoms in total. The average molecular weight is 273 g/mol. The van der Waals surface area contributed by atoms with E-state index in [-0.39, 0.29) is 5.75 Å². The fraction of sp³-hybridized carbons (Fsp3) is 0.400. The van der Waals surface area contributed by atoms with Crippen molar-refractivity contribution in [2.24, 2.45) is 5.92 Å². The summed E-state index contributed by atoms with van der Waals surface area (Å²) in [5, 5.41) is 17.0. The lowest BCUT2D eigenvalue weighted by atomic mass is 10.00. The van der Waals surface area contributed by atoms with Crippen LogP contribution in [-0.2, 0) is 6.54 Å². The number of benzene rings is 1. The van der Waals surface area contributed by atoms with Gasteiger partial charge >= 0.3 is 0 Å². The highest BCUT2D eigenvalue weighted by Gasteiger charge is 2.14. The predicted octanol–water partition coefficient (Wildman–Crippen LogP) is 2.38. The Morgan fingerprint density at radius 3 is 2.90 bits per heavy atom. The lowest BCUT2D eigenvalue weighted by molar-refractivity contribution is 0.325. The molecular formula is C15H19N3O2. The summed E-state index contributed by atoms with van der Waals surface area (Å²) < 4.78 is 7.63. The van der Waals surface area contributed by atoms with Crippen LogP contribution >= 0.6 is 0 Å². The van der Waals surface area contributed by atoms with E-state index in [2.05, 4.69) is 10.4 Å². The summed E-state index contributed by atoms with van der Waals surface area (Å²) in [4.78, 5) is 0. The number of hydrogen-bond acceptors (Lipinski definition) is 4. The maximum Gasteiger partial charge on any atom is 0.165 e. The number of ether oxygens (including phenoxy) is 1. The van der Waals surface area contributed by atoms with Crippen LogP contribution in [0.5, 0.6) is 17.2 Å². The van der Waals surface area contributed by atoms with Gasteiger partial charge in [-0.15, -0.1) is 0 Å². The number of nitrogens with one attached hydrogen (secondary N) is 1. The maximum absolute atomic E-state index is 9.23. The molecule has 1 fully saturated rings. The van der Waals surface area contributed by atoms with E-state index in [1.54, 1.807) is 30.5 Å². The third-order valence-corrected chi connectivity index (χ3v) is 3.53. The molecule has 0 radical (unpaired) electrons. The molecule has 1 aromatic carbocycles. The third kappa shape index (κ3) is 3.30. The third-order valence-electron chi connectivity index (χ3n) is 3.53. The van der Waals surface area contributed by atoms with Crippen LogP contribution in [0.4, 0.5) is 0 Å².